The molecule has 5 heteroatoms. The van der Waals surface area contributed by atoms with Gasteiger partial charge in [-0.3, -0.25) is 0 Å². The topological polar surface area (TPSA) is 52.5 Å². The zero-order valence-corrected chi connectivity index (χ0v) is 14.5. The van der Waals surface area contributed by atoms with E-state index < -0.39 is 0 Å². The lowest BCUT2D eigenvalue weighted by Crippen LogP contribution is -1.78. The van der Waals surface area contributed by atoms with Gasteiger partial charge in [0.05, 0.1) is 15.1 Å². The molecule has 2 heterocycles. The van der Waals surface area contributed by atoms with E-state index in [9.17, 15) is 5.26 Å². The molecule has 1 N–H and O–H groups in total. The van der Waals surface area contributed by atoms with Crippen molar-refractivity contribution < 1.29 is 0 Å². The fourth-order valence-electron chi connectivity index (χ4n) is 2.69. The van der Waals surface area contributed by atoms with Gasteiger partial charge in [0.1, 0.15) is 6.07 Å². The molecule has 0 fully saturated rings. The highest BCUT2D eigenvalue weighted by Crippen LogP contribution is 2.35. The molecule has 0 unspecified atom stereocenters. The third-order valence-corrected chi connectivity index (χ3v) is 5.83. The number of para-hydroxylation sites is 2. The van der Waals surface area contributed by atoms with Gasteiger partial charge >= 0.3 is 0 Å². The van der Waals surface area contributed by atoms with Crippen LogP contribution >= 0.6 is 23.1 Å². The van der Waals surface area contributed by atoms with Gasteiger partial charge in [0.2, 0.25) is 0 Å². The van der Waals surface area contributed by atoms with Crippen LogP contribution in [0.5, 0.6) is 0 Å². The summed E-state index contributed by atoms with van der Waals surface area (Å²) >= 11 is 3.04. The first-order chi connectivity index (χ1) is 11.7. The van der Waals surface area contributed by atoms with Crippen LogP contribution in [-0.4, -0.2) is 9.97 Å². The van der Waals surface area contributed by atoms with E-state index in [0.29, 0.717) is 4.91 Å². The van der Waals surface area contributed by atoms with E-state index >= 15 is 0 Å². The Bertz CT molecular complexity index is 1080. The number of thioether (sulfide) groups is 1. The first-order valence-electron chi connectivity index (χ1n) is 7.47. The average Bonchev–Trinajstić information content (AvgIpc) is 3.14. The van der Waals surface area contributed by atoms with Gasteiger partial charge in [-0.2, -0.15) is 5.26 Å². The second kappa shape index (κ2) is 6.16. The first-order valence-corrected chi connectivity index (χ1v) is 9.10. The maximum Gasteiger partial charge on any atom is 0.156 e. The van der Waals surface area contributed by atoms with E-state index in [1.54, 1.807) is 11.3 Å². The lowest BCUT2D eigenvalue weighted by molar-refractivity contribution is 1.29. The molecule has 0 atom stereocenters. The van der Waals surface area contributed by atoms with E-state index in [2.05, 4.69) is 28.2 Å². The van der Waals surface area contributed by atoms with Crippen LogP contribution in [0.2, 0.25) is 0 Å². The average molecular weight is 347 g/mol. The van der Waals surface area contributed by atoms with E-state index in [-0.39, 0.29) is 0 Å². The van der Waals surface area contributed by atoms with Crippen molar-refractivity contribution >= 4 is 50.3 Å². The third-order valence-electron chi connectivity index (χ3n) is 3.80. The van der Waals surface area contributed by atoms with Crippen LogP contribution in [0.1, 0.15) is 11.3 Å². The molecular weight excluding hydrogens is 334 g/mol. The number of nitrogens with zero attached hydrogens (tertiary/aromatic N) is 2. The number of H-pyrrole nitrogens is 1. The van der Waals surface area contributed by atoms with Crippen LogP contribution in [0.4, 0.5) is 0 Å². The van der Waals surface area contributed by atoms with Crippen LogP contribution in [-0.2, 0) is 0 Å². The maximum atomic E-state index is 9.55. The molecule has 2 aromatic carbocycles. The smallest absolute Gasteiger partial charge is 0.156 e. The summed E-state index contributed by atoms with van der Waals surface area (Å²) in [5.74, 6) is 0. The molecule has 3 nitrogen and oxygen atoms in total. The molecule has 0 aliphatic carbocycles. The van der Waals surface area contributed by atoms with Crippen LogP contribution < -0.4 is 0 Å². The minimum absolute atomic E-state index is 0.641. The summed E-state index contributed by atoms with van der Waals surface area (Å²) < 4.78 is 2.03. The highest BCUT2D eigenvalue weighted by atomic mass is 32.2. The molecule has 0 radical (unpaired) electrons. The van der Waals surface area contributed by atoms with E-state index in [4.69, 9.17) is 0 Å². The summed E-state index contributed by atoms with van der Waals surface area (Å²) in [7, 11) is 0. The number of fused-ring (bicyclic) bond motifs is 2. The van der Waals surface area contributed by atoms with Crippen LogP contribution in [0, 0.1) is 18.3 Å². The summed E-state index contributed by atoms with van der Waals surface area (Å²) in [6, 6.07) is 18.5. The van der Waals surface area contributed by atoms with E-state index in [1.165, 1.54) is 11.8 Å². The van der Waals surface area contributed by atoms with Crippen molar-refractivity contribution in [2.45, 2.75) is 11.3 Å². The molecule has 0 saturated heterocycles. The Balaban J connectivity index is 1.73. The van der Waals surface area contributed by atoms with Crippen molar-refractivity contribution in [2.75, 3.05) is 0 Å². The molecule has 4 rings (SSSR count). The summed E-state index contributed by atoms with van der Waals surface area (Å²) in [5, 5.41) is 10.7. The van der Waals surface area contributed by atoms with Crippen molar-refractivity contribution in [1.82, 2.24) is 9.97 Å². The molecule has 24 heavy (non-hydrogen) atoms. The van der Waals surface area contributed by atoms with Gasteiger partial charge in [-0.25, -0.2) is 4.98 Å². The predicted molar refractivity (Wildman–Crippen MR) is 102 cm³/mol. The second-order valence-corrected chi connectivity index (χ2v) is 7.70. The lowest BCUT2D eigenvalue weighted by Gasteiger charge is -1.97. The largest absolute Gasteiger partial charge is 0.358 e. The minimum atomic E-state index is 0.641. The Morgan fingerprint density at radius 2 is 2.00 bits per heavy atom. The number of hydrogen-bond acceptors (Lipinski definition) is 4. The third kappa shape index (κ3) is 2.71. The van der Waals surface area contributed by atoms with Gasteiger partial charge in [0, 0.05) is 22.2 Å². The second-order valence-electron chi connectivity index (χ2n) is 5.38. The highest BCUT2D eigenvalue weighted by Gasteiger charge is 2.10. The maximum absolute atomic E-state index is 9.55. The molecular formula is C19H13N3S2. The van der Waals surface area contributed by atoms with Crippen molar-refractivity contribution in [1.29, 1.82) is 5.26 Å². The number of hydrogen-bond donors (Lipinski definition) is 1. The fraction of sp³-hybridized carbons (Fsp3) is 0.0526. The van der Waals surface area contributed by atoms with Crippen LogP contribution in [0.25, 0.3) is 27.2 Å². The normalized spacial score (nSPS) is 11.9. The Morgan fingerprint density at radius 1 is 1.21 bits per heavy atom. The highest BCUT2D eigenvalue weighted by molar-refractivity contribution is 8.05. The standard InChI is InChI=1S/C19H13N3S2/c1-12-15(14-6-2-3-7-16(14)21-12)10-13(11-20)23-19-22-17-8-4-5-9-18(17)24-19/h2-10,21H,1H3/b13-10+. The molecule has 2 aromatic heterocycles. The van der Waals surface area contributed by atoms with Gasteiger partial charge in [-0.1, -0.05) is 30.3 Å². The van der Waals surface area contributed by atoms with Crippen LogP contribution in [0.15, 0.2) is 57.8 Å². The minimum Gasteiger partial charge on any atom is -0.358 e. The van der Waals surface area contributed by atoms with Gasteiger partial charge < -0.3 is 4.98 Å². The van der Waals surface area contributed by atoms with Crippen molar-refractivity contribution in [2.24, 2.45) is 0 Å². The molecule has 0 bridgehead atoms. The molecule has 0 aliphatic heterocycles. The predicted octanol–water partition coefficient (Wildman–Crippen LogP) is 5.74. The summed E-state index contributed by atoms with van der Waals surface area (Å²) in [6.45, 7) is 2.03. The van der Waals surface area contributed by atoms with Crippen molar-refractivity contribution in [3.63, 3.8) is 0 Å². The summed E-state index contributed by atoms with van der Waals surface area (Å²) in [6.07, 6.45) is 1.95. The number of allylic oxidation sites excluding steroid dienone is 1. The van der Waals surface area contributed by atoms with Crippen LogP contribution in [0.3, 0.4) is 0 Å². The summed E-state index contributed by atoms with van der Waals surface area (Å²) in [4.78, 5) is 8.60. The Kier molecular flexibility index (Phi) is 3.85. The number of benzene rings is 2. The molecule has 0 saturated carbocycles. The lowest BCUT2D eigenvalue weighted by atomic mass is 10.1. The molecule has 0 spiro atoms. The van der Waals surface area contributed by atoms with Gasteiger partial charge in [-0.05, 0) is 43.0 Å². The zero-order chi connectivity index (χ0) is 16.5. The summed E-state index contributed by atoms with van der Waals surface area (Å²) in [5.41, 5.74) is 4.19. The molecule has 116 valence electrons. The number of rotatable bonds is 3. The number of aromatic nitrogens is 2. The number of aryl methyl sites for hydroxylation is 1. The number of thiazole rings is 1. The molecule has 0 amide bonds. The van der Waals surface area contributed by atoms with Gasteiger partial charge in [0.25, 0.3) is 0 Å². The number of nitriles is 1. The molecule has 4 aromatic rings. The van der Waals surface area contributed by atoms with E-state index in [1.807, 2.05) is 49.4 Å². The quantitative estimate of drug-likeness (QED) is 0.379. The number of nitrogens with one attached hydrogen (secondary N) is 1. The fourth-order valence-corrected chi connectivity index (χ4v) is 4.65. The van der Waals surface area contributed by atoms with Gasteiger partial charge in [0.15, 0.2) is 4.34 Å². The Morgan fingerprint density at radius 3 is 2.83 bits per heavy atom. The van der Waals surface area contributed by atoms with Crippen molar-refractivity contribution in [3.05, 3.63) is 64.7 Å². The monoisotopic (exact) mass is 347 g/mol. The Hall–Kier alpha value is -2.55. The first kappa shape index (κ1) is 15.0. The van der Waals surface area contributed by atoms with E-state index in [0.717, 1.165) is 36.7 Å². The number of aromatic amines is 1. The molecule has 0 aliphatic rings. The Labute approximate surface area is 147 Å². The zero-order valence-electron chi connectivity index (χ0n) is 12.9. The van der Waals surface area contributed by atoms with Gasteiger partial charge in [-0.15, -0.1) is 11.3 Å². The van der Waals surface area contributed by atoms with Crippen molar-refractivity contribution in [3.8, 4) is 6.07 Å². The SMILES string of the molecule is Cc1[nH]c2ccccc2c1/C=C(\C#N)Sc1nc2ccccc2s1.